The van der Waals surface area contributed by atoms with Gasteiger partial charge in [-0.3, -0.25) is 0 Å². The van der Waals surface area contributed by atoms with Crippen LogP contribution >= 0.6 is 0 Å². The lowest BCUT2D eigenvalue weighted by atomic mass is 10.1. The van der Waals surface area contributed by atoms with Crippen molar-refractivity contribution >= 4 is 9.84 Å². The number of pyridine rings is 1. The van der Waals surface area contributed by atoms with Gasteiger partial charge in [0.1, 0.15) is 15.7 Å². The Kier molecular flexibility index (Phi) is 3.67. The second-order valence-corrected chi connectivity index (χ2v) is 7.40. The second-order valence-electron chi connectivity index (χ2n) is 5.10. The van der Waals surface area contributed by atoms with Gasteiger partial charge in [0.2, 0.25) is 5.88 Å². The average molecular weight is 307 g/mol. The van der Waals surface area contributed by atoms with Crippen LogP contribution in [-0.2, 0) is 9.84 Å². The van der Waals surface area contributed by atoms with E-state index in [4.69, 9.17) is 4.74 Å². The summed E-state index contributed by atoms with van der Waals surface area (Å²) in [6.07, 6.45) is 6.53. The van der Waals surface area contributed by atoms with Crippen LogP contribution in [0.3, 0.4) is 0 Å². The third-order valence-corrected chi connectivity index (χ3v) is 5.51. The molecule has 0 radical (unpaired) electrons. The monoisotopic (exact) mass is 307 g/mol. The minimum atomic E-state index is -2.87. The number of aromatic nitrogens is 3. The zero-order valence-corrected chi connectivity index (χ0v) is 12.6. The van der Waals surface area contributed by atoms with Crippen LogP contribution < -0.4 is 4.74 Å². The molecule has 1 saturated heterocycles. The lowest BCUT2D eigenvalue weighted by Gasteiger charge is -2.25. The first-order valence-electron chi connectivity index (χ1n) is 6.83. The number of rotatable bonds is 3. The fourth-order valence-corrected chi connectivity index (χ4v) is 4.16. The van der Waals surface area contributed by atoms with E-state index in [-0.39, 0.29) is 17.5 Å². The predicted molar refractivity (Wildman–Crippen MR) is 78.9 cm³/mol. The van der Waals surface area contributed by atoms with Crippen LogP contribution in [0.25, 0.3) is 11.4 Å². The van der Waals surface area contributed by atoms with Crippen LogP contribution in [0.15, 0.2) is 30.7 Å². The zero-order chi connectivity index (χ0) is 14.9. The lowest BCUT2D eigenvalue weighted by molar-refractivity contribution is 0.398. The molecule has 6 nitrogen and oxygen atoms in total. The number of hydrogen-bond donors (Lipinski definition) is 0. The average Bonchev–Trinajstić information content (AvgIpc) is 2.96. The Hall–Kier alpha value is -1.89. The molecule has 0 N–H and O–H groups in total. The summed E-state index contributed by atoms with van der Waals surface area (Å²) in [6.45, 7) is 0. The van der Waals surface area contributed by atoms with Gasteiger partial charge in [-0.05, 0) is 25.0 Å². The van der Waals surface area contributed by atoms with Crippen LogP contribution in [0.2, 0.25) is 0 Å². The van der Waals surface area contributed by atoms with Crippen molar-refractivity contribution in [3.8, 4) is 17.3 Å². The minimum Gasteiger partial charge on any atom is -0.480 e. The van der Waals surface area contributed by atoms with E-state index in [0.717, 1.165) is 11.4 Å². The Bertz CT molecular complexity index is 725. The molecule has 0 atom stereocenters. The Morgan fingerprint density at radius 2 is 2.00 bits per heavy atom. The molecule has 3 rings (SSSR count). The Balaban J connectivity index is 1.95. The van der Waals surface area contributed by atoms with Crippen LogP contribution in [0, 0.1) is 0 Å². The third-order valence-electron chi connectivity index (χ3n) is 3.79. The van der Waals surface area contributed by atoms with Crippen molar-refractivity contribution < 1.29 is 13.2 Å². The van der Waals surface area contributed by atoms with Crippen molar-refractivity contribution in [2.75, 3.05) is 18.6 Å². The number of hydrogen-bond acceptors (Lipinski definition) is 5. The van der Waals surface area contributed by atoms with E-state index in [1.807, 2.05) is 22.9 Å². The van der Waals surface area contributed by atoms with E-state index in [2.05, 4.69) is 9.97 Å². The second kappa shape index (κ2) is 5.48. The number of sulfone groups is 1. The molecular formula is C14H17N3O3S. The topological polar surface area (TPSA) is 74.1 Å². The highest BCUT2D eigenvalue weighted by molar-refractivity contribution is 7.91. The molecule has 112 valence electrons. The summed E-state index contributed by atoms with van der Waals surface area (Å²) in [5, 5.41) is 0. The van der Waals surface area contributed by atoms with Gasteiger partial charge in [0.25, 0.3) is 0 Å². The molecule has 0 unspecified atom stereocenters. The summed E-state index contributed by atoms with van der Waals surface area (Å²) in [4.78, 5) is 8.59. The fourth-order valence-electron chi connectivity index (χ4n) is 2.70. The van der Waals surface area contributed by atoms with Crippen LogP contribution in [-0.4, -0.2) is 41.6 Å². The molecule has 0 saturated carbocycles. The van der Waals surface area contributed by atoms with Gasteiger partial charge in [0.15, 0.2) is 0 Å². The summed E-state index contributed by atoms with van der Waals surface area (Å²) in [5.74, 6) is 1.76. The molecule has 1 aliphatic heterocycles. The van der Waals surface area contributed by atoms with Gasteiger partial charge in [-0.2, -0.15) is 0 Å². The molecule has 1 fully saturated rings. The first-order valence-corrected chi connectivity index (χ1v) is 8.65. The number of nitrogens with zero attached hydrogens (tertiary/aromatic N) is 3. The summed E-state index contributed by atoms with van der Waals surface area (Å²) >= 11 is 0. The maximum Gasteiger partial charge on any atom is 0.224 e. The van der Waals surface area contributed by atoms with E-state index in [1.165, 1.54) is 0 Å². The van der Waals surface area contributed by atoms with Crippen molar-refractivity contribution in [1.82, 2.24) is 14.5 Å². The standard InChI is InChI=1S/C14H17N3O3S/c1-20-14-12(3-2-6-16-14)13-15-7-8-17(13)11-4-9-21(18,19)10-5-11/h2-3,6-8,11H,4-5,9-10H2,1H3. The van der Waals surface area contributed by atoms with Gasteiger partial charge in [-0.25, -0.2) is 18.4 Å². The van der Waals surface area contributed by atoms with Gasteiger partial charge in [0, 0.05) is 24.6 Å². The van der Waals surface area contributed by atoms with E-state index in [0.29, 0.717) is 18.7 Å². The highest BCUT2D eigenvalue weighted by atomic mass is 32.2. The molecule has 1 aliphatic rings. The maximum atomic E-state index is 11.6. The van der Waals surface area contributed by atoms with Crippen molar-refractivity contribution in [2.45, 2.75) is 18.9 Å². The first-order chi connectivity index (χ1) is 10.1. The molecule has 2 aromatic rings. The SMILES string of the molecule is COc1ncccc1-c1nccn1C1CCS(=O)(=O)CC1. The van der Waals surface area contributed by atoms with Crippen molar-refractivity contribution in [3.63, 3.8) is 0 Å². The normalized spacial score (nSPS) is 18.5. The maximum absolute atomic E-state index is 11.6. The van der Waals surface area contributed by atoms with Crippen molar-refractivity contribution in [2.24, 2.45) is 0 Å². The van der Waals surface area contributed by atoms with Crippen LogP contribution in [0.4, 0.5) is 0 Å². The van der Waals surface area contributed by atoms with E-state index in [1.54, 1.807) is 19.5 Å². The summed E-state index contributed by atoms with van der Waals surface area (Å²) in [6, 6.07) is 3.89. The molecule has 0 bridgehead atoms. The molecule has 0 aliphatic carbocycles. The van der Waals surface area contributed by atoms with Gasteiger partial charge in [-0.1, -0.05) is 0 Å². The number of ether oxygens (including phenoxy) is 1. The van der Waals surface area contributed by atoms with E-state index < -0.39 is 9.84 Å². The first kappa shape index (κ1) is 14.1. The molecule has 3 heterocycles. The molecule has 0 amide bonds. The highest BCUT2D eigenvalue weighted by Gasteiger charge is 2.26. The van der Waals surface area contributed by atoms with Gasteiger partial charge in [-0.15, -0.1) is 0 Å². The smallest absolute Gasteiger partial charge is 0.224 e. The predicted octanol–water partition coefficient (Wildman–Crippen LogP) is 1.70. The summed E-state index contributed by atoms with van der Waals surface area (Å²) < 4.78 is 30.5. The van der Waals surface area contributed by atoms with Gasteiger partial charge < -0.3 is 9.30 Å². The summed E-state index contributed by atoms with van der Waals surface area (Å²) in [7, 11) is -1.29. The fraction of sp³-hybridized carbons (Fsp3) is 0.429. The van der Waals surface area contributed by atoms with Gasteiger partial charge in [0.05, 0.1) is 24.2 Å². The molecule has 0 spiro atoms. The molecule has 21 heavy (non-hydrogen) atoms. The van der Waals surface area contributed by atoms with Crippen molar-refractivity contribution in [3.05, 3.63) is 30.7 Å². The Labute approximate surface area is 123 Å². The van der Waals surface area contributed by atoms with Crippen LogP contribution in [0.1, 0.15) is 18.9 Å². The molecule has 2 aromatic heterocycles. The van der Waals surface area contributed by atoms with Crippen molar-refractivity contribution in [1.29, 1.82) is 0 Å². The Morgan fingerprint density at radius 1 is 1.24 bits per heavy atom. The van der Waals surface area contributed by atoms with E-state index in [9.17, 15) is 8.42 Å². The third kappa shape index (κ3) is 2.78. The highest BCUT2D eigenvalue weighted by Crippen LogP contribution is 2.32. The largest absolute Gasteiger partial charge is 0.480 e. The summed E-state index contributed by atoms with van der Waals surface area (Å²) in [5.41, 5.74) is 0.818. The number of methoxy groups -OCH3 is 1. The van der Waals surface area contributed by atoms with Crippen LogP contribution in [0.5, 0.6) is 5.88 Å². The van der Waals surface area contributed by atoms with E-state index >= 15 is 0 Å². The molecular weight excluding hydrogens is 290 g/mol. The molecule has 0 aromatic carbocycles. The minimum absolute atomic E-state index is 0.149. The quantitative estimate of drug-likeness (QED) is 0.863. The van der Waals surface area contributed by atoms with Gasteiger partial charge >= 0.3 is 0 Å². The molecule has 7 heteroatoms. The number of imidazole rings is 1. The zero-order valence-electron chi connectivity index (χ0n) is 11.8. The Morgan fingerprint density at radius 3 is 2.71 bits per heavy atom. The lowest BCUT2D eigenvalue weighted by Crippen LogP contribution is -2.25.